The number of rotatable bonds is 7. The molecule has 0 spiro atoms. The van der Waals surface area contributed by atoms with Crippen molar-refractivity contribution in [3.8, 4) is 0 Å². The predicted octanol–water partition coefficient (Wildman–Crippen LogP) is 2.95. The highest BCUT2D eigenvalue weighted by Gasteiger charge is 2.24. The van der Waals surface area contributed by atoms with Crippen molar-refractivity contribution in [3.63, 3.8) is 0 Å². The highest BCUT2D eigenvalue weighted by Crippen LogP contribution is 2.24. The quantitative estimate of drug-likeness (QED) is 0.732. The average Bonchev–Trinajstić information content (AvgIpc) is 3.16. The van der Waals surface area contributed by atoms with Crippen LogP contribution >= 0.6 is 0 Å². The Bertz CT molecular complexity index is 585. The number of aromatic nitrogens is 1. The lowest BCUT2D eigenvalue weighted by Gasteiger charge is -2.35. The van der Waals surface area contributed by atoms with Crippen molar-refractivity contribution in [1.29, 1.82) is 0 Å². The molecular formula is C21H36N4O2. The number of hydrogen-bond acceptors (Lipinski definition) is 5. The van der Waals surface area contributed by atoms with E-state index in [-0.39, 0.29) is 0 Å². The summed E-state index contributed by atoms with van der Waals surface area (Å²) in [4.78, 5) is 19.4. The number of likely N-dealkylation sites (N-methyl/N-ethyl adjacent to an activating group) is 1. The number of amides is 1. The van der Waals surface area contributed by atoms with Crippen LogP contribution in [0, 0.1) is 5.92 Å². The molecular weight excluding hydrogens is 340 g/mol. The van der Waals surface area contributed by atoms with E-state index >= 15 is 0 Å². The first-order valence-corrected chi connectivity index (χ1v) is 10.7. The summed E-state index contributed by atoms with van der Waals surface area (Å²) >= 11 is 0. The van der Waals surface area contributed by atoms with Crippen molar-refractivity contribution in [1.82, 2.24) is 19.9 Å². The molecule has 2 saturated heterocycles. The highest BCUT2D eigenvalue weighted by atomic mass is 16.5. The van der Waals surface area contributed by atoms with E-state index in [2.05, 4.69) is 46.7 Å². The van der Waals surface area contributed by atoms with E-state index in [1.165, 1.54) is 12.8 Å². The summed E-state index contributed by atoms with van der Waals surface area (Å²) in [5, 5.41) is 4.15. The molecule has 3 heterocycles. The van der Waals surface area contributed by atoms with E-state index in [1.807, 2.05) is 0 Å². The first-order valence-electron chi connectivity index (χ1n) is 10.7. The van der Waals surface area contributed by atoms with Crippen LogP contribution < -0.4 is 0 Å². The van der Waals surface area contributed by atoms with Gasteiger partial charge in [0.15, 0.2) is 5.76 Å². The number of carbonyl (C=O) groups is 1. The first kappa shape index (κ1) is 20.3. The number of hydrogen-bond donors (Lipinski definition) is 0. The van der Waals surface area contributed by atoms with Gasteiger partial charge in [-0.3, -0.25) is 9.69 Å². The summed E-state index contributed by atoms with van der Waals surface area (Å²) in [6.07, 6.45) is 4.13. The Morgan fingerprint density at radius 1 is 1.15 bits per heavy atom. The molecule has 3 rings (SSSR count). The molecule has 152 valence electrons. The molecule has 2 aliphatic rings. The molecule has 0 atom stereocenters. The minimum atomic E-state index is 0.357. The normalized spacial score (nSPS) is 20.5. The Labute approximate surface area is 163 Å². The van der Waals surface area contributed by atoms with Gasteiger partial charge in [0.25, 0.3) is 0 Å². The lowest BCUT2D eigenvalue weighted by Crippen LogP contribution is -2.48. The van der Waals surface area contributed by atoms with Gasteiger partial charge in [0, 0.05) is 38.7 Å². The minimum Gasteiger partial charge on any atom is -0.360 e. The summed E-state index contributed by atoms with van der Waals surface area (Å²) in [5.74, 6) is 2.42. The maximum absolute atomic E-state index is 12.5. The van der Waals surface area contributed by atoms with E-state index < -0.39 is 0 Å². The topological polar surface area (TPSA) is 52.8 Å². The molecule has 1 aromatic rings. The Hall–Kier alpha value is -1.40. The largest absolute Gasteiger partial charge is 0.360 e. The average molecular weight is 377 g/mol. The van der Waals surface area contributed by atoms with Gasteiger partial charge in [0.2, 0.25) is 5.91 Å². The van der Waals surface area contributed by atoms with Crippen LogP contribution in [0.3, 0.4) is 0 Å². The van der Waals surface area contributed by atoms with Crippen LogP contribution in [0.25, 0.3) is 0 Å². The first-order chi connectivity index (χ1) is 13.0. The molecule has 1 aromatic heterocycles. The molecule has 27 heavy (non-hydrogen) atoms. The molecule has 2 fully saturated rings. The monoisotopic (exact) mass is 376 g/mol. The Balaban J connectivity index is 1.34. The zero-order valence-electron chi connectivity index (χ0n) is 17.3. The maximum atomic E-state index is 12.5. The van der Waals surface area contributed by atoms with Crippen LogP contribution in [0.2, 0.25) is 0 Å². The fraction of sp³-hybridized carbons (Fsp3) is 0.810. The van der Waals surface area contributed by atoms with Crippen LogP contribution in [-0.4, -0.2) is 71.6 Å². The van der Waals surface area contributed by atoms with Crippen LogP contribution in [0.4, 0.5) is 0 Å². The van der Waals surface area contributed by atoms with Gasteiger partial charge in [0.05, 0.1) is 12.2 Å². The third kappa shape index (κ3) is 5.79. The molecule has 1 amide bonds. The second-order valence-electron chi connectivity index (χ2n) is 8.45. The SMILES string of the molecule is CCN1CCN(C(=O)CCC2CCN(Cc3cc(C(C)C)no3)CC2)CC1. The Morgan fingerprint density at radius 2 is 1.85 bits per heavy atom. The second kappa shape index (κ2) is 9.69. The summed E-state index contributed by atoms with van der Waals surface area (Å²) < 4.78 is 5.47. The molecule has 0 aliphatic carbocycles. The van der Waals surface area contributed by atoms with E-state index in [9.17, 15) is 4.79 Å². The fourth-order valence-electron chi connectivity index (χ4n) is 4.13. The third-order valence-electron chi connectivity index (χ3n) is 6.19. The molecule has 6 heteroatoms. The molecule has 0 saturated carbocycles. The van der Waals surface area contributed by atoms with Gasteiger partial charge in [-0.25, -0.2) is 0 Å². The zero-order chi connectivity index (χ0) is 19.2. The molecule has 0 bridgehead atoms. The van der Waals surface area contributed by atoms with E-state index in [0.717, 1.165) is 76.7 Å². The van der Waals surface area contributed by atoms with E-state index in [0.29, 0.717) is 17.7 Å². The van der Waals surface area contributed by atoms with Gasteiger partial charge in [-0.1, -0.05) is 25.9 Å². The van der Waals surface area contributed by atoms with E-state index in [4.69, 9.17) is 4.52 Å². The van der Waals surface area contributed by atoms with Gasteiger partial charge in [-0.05, 0) is 50.7 Å². The van der Waals surface area contributed by atoms with Gasteiger partial charge in [-0.2, -0.15) is 0 Å². The molecule has 0 aromatic carbocycles. The number of nitrogens with zero attached hydrogens (tertiary/aromatic N) is 4. The third-order valence-corrected chi connectivity index (χ3v) is 6.19. The van der Waals surface area contributed by atoms with Crippen molar-refractivity contribution in [2.45, 2.75) is 58.9 Å². The van der Waals surface area contributed by atoms with Crippen molar-refractivity contribution < 1.29 is 9.32 Å². The fourth-order valence-corrected chi connectivity index (χ4v) is 4.13. The van der Waals surface area contributed by atoms with Crippen LogP contribution in [0.1, 0.15) is 63.8 Å². The Morgan fingerprint density at radius 3 is 2.44 bits per heavy atom. The predicted molar refractivity (Wildman–Crippen MR) is 107 cm³/mol. The maximum Gasteiger partial charge on any atom is 0.222 e. The molecule has 0 N–H and O–H groups in total. The van der Waals surface area contributed by atoms with Crippen molar-refractivity contribution >= 4 is 5.91 Å². The van der Waals surface area contributed by atoms with Gasteiger partial charge < -0.3 is 14.3 Å². The van der Waals surface area contributed by atoms with Gasteiger partial charge in [0.1, 0.15) is 0 Å². The highest BCUT2D eigenvalue weighted by molar-refractivity contribution is 5.76. The Kier molecular flexibility index (Phi) is 7.30. The lowest BCUT2D eigenvalue weighted by molar-refractivity contribution is -0.133. The lowest BCUT2D eigenvalue weighted by atomic mass is 9.92. The molecule has 0 unspecified atom stereocenters. The minimum absolute atomic E-state index is 0.357. The molecule has 0 radical (unpaired) electrons. The smallest absolute Gasteiger partial charge is 0.222 e. The number of likely N-dealkylation sites (tertiary alicyclic amines) is 1. The standard InChI is InChI=1S/C21H36N4O2/c1-4-23-11-13-25(14-12-23)21(26)6-5-18-7-9-24(10-8-18)16-19-15-20(17(2)3)22-27-19/h15,17-18H,4-14,16H2,1-3H3. The van der Waals surface area contributed by atoms with Crippen LogP contribution in [-0.2, 0) is 11.3 Å². The summed E-state index contributed by atoms with van der Waals surface area (Å²) in [6.45, 7) is 14.5. The van der Waals surface area contributed by atoms with Crippen molar-refractivity contribution in [3.05, 3.63) is 17.5 Å². The van der Waals surface area contributed by atoms with Crippen LogP contribution in [0.15, 0.2) is 10.6 Å². The second-order valence-corrected chi connectivity index (χ2v) is 8.45. The molecule has 6 nitrogen and oxygen atoms in total. The number of piperazine rings is 1. The summed E-state index contributed by atoms with van der Waals surface area (Å²) in [6, 6.07) is 2.09. The van der Waals surface area contributed by atoms with Gasteiger partial charge in [-0.15, -0.1) is 0 Å². The van der Waals surface area contributed by atoms with Crippen molar-refractivity contribution in [2.75, 3.05) is 45.8 Å². The van der Waals surface area contributed by atoms with Gasteiger partial charge >= 0.3 is 0 Å². The summed E-state index contributed by atoms with van der Waals surface area (Å²) in [5.41, 5.74) is 1.04. The zero-order valence-corrected chi connectivity index (χ0v) is 17.3. The van der Waals surface area contributed by atoms with E-state index in [1.54, 1.807) is 0 Å². The van der Waals surface area contributed by atoms with Crippen molar-refractivity contribution in [2.24, 2.45) is 5.92 Å². The summed E-state index contributed by atoms with van der Waals surface area (Å²) in [7, 11) is 0. The van der Waals surface area contributed by atoms with Crippen LogP contribution in [0.5, 0.6) is 0 Å². The number of piperidine rings is 1. The molecule has 2 aliphatic heterocycles. The number of carbonyl (C=O) groups excluding carboxylic acids is 1.